The van der Waals surface area contributed by atoms with Gasteiger partial charge in [-0.3, -0.25) is 14.4 Å². The number of carbonyl (C=O) groups is 3. The van der Waals surface area contributed by atoms with Crippen LogP contribution in [0.3, 0.4) is 0 Å². The number of amides is 3. The Morgan fingerprint density at radius 1 is 0.875 bits per heavy atom. The van der Waals surface area contributed by atoms with Gasteiger partial charge in [0.25, 0.3) is 11.8 Å². The van der Waals surface area contributed by atoms with Gasteiger partial charge in [0.2, 0.25) is 5.91 Å². The highest BCUT2D eigenvalue weighted by Crippen LogP contribution is 2.34. The van der Waals surface area contributed by atoms with E-state index < -0.39 is 17.1 Å². The number of nitrogens with one attached hydrogen (secondary N) is 3. The number of nitrogens with zero attached hydrogens (tertiary/aromatic N) is 1. The molecular weight excluding hydrogens is 668 g/mol. The quantitative estimate of drug-likeness (QED) is 0.0892. The highest BCUT2D eigenvalue weighted by molar-refractivity contribution is 8.00. The van der Waals surface area contributed by atoms with Crippen molar-refractivity contribution >= 4 is 69.3 Å². The topological polar surface area (TPSA) is 119 Å². The summed E-state index contributed by atoms with van der Waals surface area (Å²) in [7, 11) is 3.15. The van der Waals surface area contributed by atoms with Crippen LogP contribution in [-0.2, 0) is 9.59 Å². The molecule has 4 aromatic carbocycles. The molecule has 5 aromatic rings. The predicted octanol–water partition coefficient (Wildman–Crippen LogP) is 8.01. The summed E-state index contributed by atoms with van der Waals surface area (Å²) in [6.07, 6.45) is 1.53. The van der Waals surface area contributed by atoms with E-state index in [4.69, 9.17) is 21.1 Å². The molecule has 48 heavy (non-hydrogen) atoms. The van der Waals surface area contributed by atoms with Gasteiger partial charge < -0.3 is 25.4 Å². The second kappa shape index (κ2) is 16.1. The van der Waals surface area contributed by atoms with Crippen LogP contribution in [0.2, 0.25) is 5.02 Å². The van der Waals surface area contributed by atoms with Gasteiger partial charge in [-0.2, -0.15) is 0 Å². The van der Waals surface area contributed by atoms with E-state index in [1.807, 2.05) is 29.6 Å². The Morgan fingerprint density at radius 3 is 2.29 bits per heavy atom. The smallest absolute Gasteiger partial charge is 0.272 e. The first-order valence-corrected chi connectivity index (χ1v) is 16.8. The minimum Gasteiger partial charge on any atom is -0.493 e. The van der Waals surface area contributed by atoms with Crippen LogP contribution in [0.25, 0.3) is 17.3 Å². The molecule has 0 spiro atoms. The number of halogens is 1. The van der Waals surface area contributed by atoms with E-state index in [-0.39, 0.29) is 11.6 Å². The lowest BCUT2D eigenvalue weighted by atomic mass is 10.1. The second-order valence-electron chi connectivity index (χ2n) is 10.2. The SMILES string of the molecule is COc1ccc(-c2csc(NC(=O)C(C)Sc3ccc(NC(=O)/C(=C/c4ccccc4Cl)NC(=O)c4ccccc4)cc3)n2)cc1OC. The van der Waals surface area contributed by atoms with E-state index in [0.717, 1.165) is 10.5 Å². The Morgan fingerprint density at radius 2 is 1.58 bits per heavy atom. The molecule has 9 nitrogen and oxygen atoms in total. The summed E-state index contributed by atoms with van der Waals surface area (Å²) in [5.74, 6) is 0.0528. The summed E-state index contributed by atoms with van der Waals surface area (Å²) in [6, 6.07) is 28.2. The fourth-order valence-corrected chi connectivity index (χ4v) is 6.21. The minimum atomic E-state index is -0.525. The zero-order valence-corrected chi connectivity index (χ0v) is 28.5. The summed E-state index contributed by atoms with van der Waals surface area (Å²) < 4.78 is 10.7. The third-order valence-corrected chi connectivity index (χ3v) is 9.16. The number of anilines is 2. The molecule has 1 aromatic heterocycles. The number of carbonyl (C=O) groups excluding carboxylic acids is 3. The maximum absolute atomic E-state index is 13.4. The van der Waals surface area contributed by atoms with Gasteiger partial charge in [-0.05, 0) is 79.2 Å². The van der Waals surface area contributed by atoms with Crippen molar-refractivity contribution in [3.63, 3.8) is 0 Å². The Bertz CT molecular complexity index is 1950. The first kappa shape index (κ1) is 34.2. The zero-order valence-electron chi connectivity index (χ0n) is 26.2. The van der Waals surface area contributed by atoms with E-state index in [2.05, 4.69) is 20.9 Å². The number of methoxy groups -OCH3 is 2. The van der Waals surface area contributed by atoms with Crippen molar-refractivity contribution in [2.45, 2.75) is 17.1 Å². The van der Waals surface area contributed by atoms with Crippen molar-refractivity contribution in [1.29, 1.82) is 0 Å². The Hall–Kier alpha value is -5.10. The third kappa shape index (κ3) is 8.82. The van der Waals surface area contributed by atoms with Gasteiger partial charge >= 0.3 is 0 Å². The fraction of sp³-hybridized carbons (Fsp3) is 0.111. The largest absolute Gasteiger partial charge is 0.493 e. The van der Waals surface area contributed by atoms with Crippen LogP contribution in [-0.4, -0.2) is 42.2 Å². The van der Waals surface area contributed by atoms with Crippen molar-refractivity contribution in [1.82, 2.24) is 10.3 Å². The zero-order chi connectivity index (χ0) is 34.0. The Kier molecular flexibility index (Phi) is 11.5. The molecule has 0 aliphatic carbocycles. The van der Waals surface area contributed by atoms with Crippen molar-refractivity contribution in [2.24, 2.45) is 0 Å². The molecule has 5 rings (SSSR count). The summed E-state index contributed by atoms with van der Waals surface area (Å²) in [6.45, 7) is 1.81. The molecule has 0 saturated carbocycles. The number of thiazole rings is 1. The molecule has 0 bridgehead atoms. The molecule has 0 radical (unpaired) electrons. The molecule has 1 heterocycles. The summed E-state index contributed by atoms with van der Waals surface area (Å²) >= 11 is 9.02. The van der Waals surface area contributed by atoms with Crippen LogP contribution in [0.5, 0.6) is 11.5 Å². The average molecular weight is 699 g/mol. The van der Waals surface area contributed by atoms with E-state index in [0.29, 0.717) is 44.2 Å². The lowest BCUT2D eigenvalue weighted by Gasteiger charge is -2.13. The van der Waals surface area contributed by atoms with Crippen LogP contribution in [0.15, 0.2) is 113 Å². The lowest BCUT2D eigenvalue weighted by molar-refractivity contribution is -0.115. The first-order valence-electron chi connectivity index (χ1n) is 14.6. The number of aromatic nitrogens is 1. The molecule has 0 saturated heterocycles. The molecule has 12 heteroatoms. The van der Waals surface area contributed by atoms with Crippen molar-refractivity contribution < 1.29 is 23.9 Å². The van der Waals surface area contributed by atoms with Gasteiger partial charge in [-0.15, -0.1) is 23.1 Å². The number of hydrogen-bond acceptors (Lipinski definition) is 8. The van der Waals surface area contributed by atoms with Gasteiger partial charge in [0.15, 0.2) is 16.6 Å². The molecule has 0 fully saturated rings. The highest BCUT2D eigenvalue weighted by atomic mass is 35.5. The molecule has 1 unspecified atom stereocenters. The standard InChI is InChI=1S/C36H31ClN4O5S2/c1-22(33(42)41-36-40-30(21-47-36)25-13-18-31(45-2)32(20-25)46-3)48-27-16-14-26(15-17-27)38-35(44)29(19-24-11-7-8-12-28(24)37)39-34(43)23-9-5-4-6-10-23/h4-22H,1-3H3,(H,38,44)(H,39,43)(H,40,41,42)/b29-19-. The number of thioether (sulfide) groups is 1. The minimum absolute atomic E-state index is 0.0252. The molecule has 244 valence electrons. The van der Waals surface area contributed by atoms with Gasteiger partial charge in [-0.1, -0.05) is 48.0 Å². The van der Waals surface area contributed by atoms with E-state index in [1.165, 1.54) is 29.2 Å². The van der Waals surface area contributed by atoms with Crippen molar-refractivity contribution in [2.75, 3.05) is 24.9 Å². The van der Waals surface area contributed by atoms with Crippen molar-refractivity contribution in [3.8, 4) is 22.8 Å². The normalized spacial score (nSPS) is 11.7. The molecule has 0 aliphatic heterocycles. The van der Waals surface area contributed by atoms with Gasteiger partial charge in [0.1, 0.15) is 5.70 Å². The van der Waals surface area contributed by atoms with Crippen molar-refractivity contribution in [3.05, 3.63) is 124 Å². The van der Waals surface area contributed by atoms with Gasteiger partial charge in [0.05, 0.1) is 25.2 Å². The van der Waals surface area contributed by atoms with E-state index in [9.17, 15) is 14.4 Å². The van der Waals surface area contributed by atoms with Gasteiger partial charge in [0, 0.05) is 32.1 Å². The van der Waals surface area contributed by atoms with Crippen LogP contribution in [0, 0.1) is 0 Å². The molecule has 3 N–H and O–H groups in total. The summed E-state index contributed by atoms with van der Waals surface area (Å²) in [5, 5.41) is 10.8. The number of rotatable bonds is 12. The van der Waals surface area contributed by atoms with Crippen LogP contribution in [0.1, 0.15) is 22.8 Å². The fourth-order valence-electron chi connectivity index (χ4n) is 4.43. The van der Waals surface area contributed by atoms with Crippen LogP contribution >= 0.6 is 34.7 Å². The van der Waals surface area contributed by atoms with Crippen LogP contribution < -0.4 is 25.4 Å². The number of benzene rings is 4. The molecule has 1 atom stereocenters. The highest BCUT2D eigenvalue weighted by Gasteiger charge is 2.19. The third-order valence-electron chi connectivity index (χ3n) is 6.94. The monoisotopic (exact) mass is 698 g/mol. The summed E-state index contributed by atoms with van der Waals surface area (Å²) in [4.78, 5) is 44.6. The second-order valence-corrected chi connectivity index (χ2v) is 12.9. The number of ether oxygens (including phenoxy) is 2. The van der Waals surface area contributed by atoms with Crippen LogP contribution in [0.4, 0.5) is 10.8 Å². The lowest BCUT2D eigenvalue weighted by Crippen LogP contribution is -2.30. The molecular formula is C36H31ClN4O5S2. The molecule has 0 aliphatic rings. The Balaban J connectivity index is 1.21. The maximum Gasteiger partial charge on any atom is 0.272 e. The number of hydrogen-bond donors (Lipinski definition) is 3. The first-order chi connectivity index (χ1) is 23.2. The average Bonchev–Trinajstić information content (AvgIpc) is 3.58. The molecule has 3 amide bonds. The maximum atomic E-state index is 13.4. The predicted molar refractivity (Wildman–Crippen MR) is 193 cm³/mol. The van der Waals surface area contributed by atoms with Gasteiger partial charge in [-0.25, -0.2) is 4.98 Å². The Labute approximate surface area is 291 Å². The summed E-state index contributed by atoms with van der Waals surface area (Å²) in [5.41, 5.74) is 3.06. The van der Waals surface area contributed by atoms with E-state index >= 15 is 0 Å². The van der Waals surface area contributed by atoms with E-state index in [1.54, 1.807) is 93.9 Å².